The number of nitrogens with one attached hydrogen (secondary N) is 1. The fourth-order valence-corrected chi connectivity index (χ4v) is 2.60. The Morgan fingerprint density at radius 3 is 2.77 bits per heavy atom. The third-order valence-electron chi connectivity index (χ3n) is 3.92. The summed E-state index contributed by atoms with van der Waals surface area (Å²) < 4.78 is 11.1. The van der Waals surface area contributed by atoms with Crippen LogP contribution < -0.4 is 10.1 Å². The number of rotatable bonds is 6. The molecular weight excluding hydrogens is 336 g/mol. The van der Waals surface area contributed by atoms with E-state index in [2.05, 4.69) is 5.32 Å². The van der Waals surface area contributed by atoms with E-state index in [1.807, 2.05) is 30.3 Å². The first kappa shape index (κ1) is 17.5. The fourth-order valence-electron chi connectivity index (χ4n) is 2.60. The zero-order valence-electron chi connectivity index (χ0n) is 14.4. The summed E-state index contributed by atoms with van der Waals surface area (Å²) in [5.74, 6) is 0.302. The molecule has 0 fully saturated rings. The lowest BCUT2D eigenvalue weighted by atomic mass is 10.2. The van der Waals surface area contributed by atoms with Crippen molar-refractivity contribution in [1.82, 2.24) is 5.32 Å². The minimum atomic E-state index is -0.538. The second-order valence-electron chi connectivity index (χ2n) is 5.99. The molecule has 3 rings (SSSR count). The van der Waals surface area contributed by atoms with Gasteiger partial charge in [-0.1, -0.05) is 24.3 Å². The minimum absolute atomic E-state index is 0.0709. The molecule has 2 aromatic carbocycles. The van der Waals surface area contributed by atoms with Crippen LogP contribution in [-0.2, 0) is 4.79 Å². The topological polar surface area (TPSA) is 94.6 Å². The molecule has 0 saturated carbocycles. The fraction of sp³-hybridized carbons (Fsp3) is 0.211. The number of para-hydroxylation sites is 1. The number of aryl methyl sites for hydroxylation is 1. The average Bonchev–Trinajstić information content (AvgIpc) is 3.04. The predicted octanol–water partition coefficient (Wildman–Crippen LogP) is 3.91. The number of nitrogens with zero attached hydrogens (tertiary/aromatic N) is 1. The second kappa shape index (κ2) is 7.26. The van der Waals surface area contributed by atoms with Crippen LogP contribution >= 0.6 is 0 Å². The van der Waals surface area contributed by atoms with Gasteiger partial charge in [-0.25, -0.2) is 0 Å². The molecule has 0 bridgehead atoms. The van der Waals surface area contributed by atoms with Gasteiger partial charge in [-0.3, -0.25) is 14.9 Å². The van der Waals surface area contributed by atoms with E-state index in [-0.39, 0.29) is 24.1 Å². The summed E-state index contributed by atoms with van der Waals surface area (Å²) in [6.07, 6.45) is 0. The molecule has 1 heterocycles. The molecule has 7 heteroatoms. The van der Waals surface area contributed by atoms with Gasteiger partial charge in [0.15, 0.2) is 12.4 Å². The summed E-state index contributed by atoms with van der Waals surface area (Å²) in [7, 11) is 0. The Hall–Kier alpha value is -3.35. The number of hydrogen-bond acceptors (Lipinski definition) is 5. The molecule has 26 heavy (non-hydrogen) atoms. The highest BCUT2D eigenvalue weighted by Gasteiger charge is 2.18. The molecule has 134 valence electrons. The Balaban J connectivity index is 1.64. The molecule has 0 aliphatic rings. The molecule has 3 aromatic rings. The maximum Gasteiger partial charge on any atom is 0.310 e. The number of hydrogen-bond donors (Lipinski definition) is 1. The molecule has 0 saturated heterocycles. The van der Waals surface area contributed by atoms with Gasteiger partial charge in [-0.05, 0) is 37.6 Å². The largest absolute Gasteiger partial charge is 0.477 e. The van der Waals surface area contributed by atoms with Gasteiger partial charge in [0, 0.05) is 11.5 Å². The normalized spacial score (nSPS) is 11.9. The number of amides is 1. The summed E-state index contributed by atoms with van der Waals surface area (Å²) in [5.41, 5.74) is 1.38. The second-order valence-corrected chi connectivity index (χ2v) is 5.99. The zero-order chi connectivity index (χ0) is 18.7. The maximum atomic E-state index is 12.1. The molecule has 1 aromatic heterocycles. The molecule has 1 N–H and O–H groups in total. The highest BCUT2D eigenvalue weighted by atomic mass is 16.6. The average molecular weight is 354 g/mol. The van der Waals surface area contributed by atoms with Gasteiger partial charge in [-0.2, -0.15) is 0 Å². The van der Waals surface area contributed by atoms with Crippen molar-refractivity contribution in [2.75, 3.05) is 6.61 Å². The van der Waals surface area contributed by atoms with Gasteiger partial charge in [0.05, 0.1) is 11.0 Å². The number of carbonyl (C=O) groups excluding carboxylic acids is 1. The standard InChI is InChI=1S/C19H18N2O5/c1-12-7-8-15(21(23)24)18(9-12)25-11-19(22)20-13(2)17-10-14-5-3-4-6-16(14)26-17/h3-10,13H,11H2,1-2H3,(H,20,22)/t13-/m1/s1. The highest BCUT2D eigenvalue weighted by Crippen LogP contribution is 2.28. The summed E-state index contributed by atoms with van der Waals surface area (Å²) in [5, 5.41) is 14.8. The van der Waals surface area contributed by atoms with E-state index < -0.39 is 10.8 Å². The number of furan rings is 1. The molecule has 1 atom stereocenters. The molecular formula is C19H18N2O5. The van der Waals surface area contributed by atoms with Gasteiger partial charge in [0.25, 0.3) is 5.91 Å². The van der Waals surface area contributed by atoms with Crippen LogP contribution in [0.3, 0.4) is 0 Å². The SMILES string of the molecule is Cc1ccc([N+](=O)[O-])c(OCC(=O)N[C@H](C)c2cc3ccccc3o2)c1. The molecule has 0 aliphatic heterocycles. The Morgan fingerprint density at radius 1 is 1.27 bits per heavy atom. The van der Waals surface area contributed by atoms with Crippen LogP contribution in [0, 0.1) is 17.0 Å². The van der Waals surface area contributed by atoms with Crippen LogP contribution in [0.5, 0.6) is 5.75 Å². The third-order valence-corrected chi connectivity index (χ3v) is 3.92. The molecule has 7 nitrogen and oxygen atoms in total. The number of nitro benzene ring substituents is 1. The van der Waals surface area contributed by atoms with Crippen LogP contribution in [0.2, 0.25) is 0 Å². The summed E-state index contributed by atoms with van der Waals surface area (Å²) in [6, 6.07) is 13.6. The Labute approximate surface area is 149 Å². The number of fused-ring (bicyclic) bond motifs is 1. The predicted molar refractivity (Wildman–Crippen MR) is 96.1 cm³/mol. The van der Waals surface area contributed by atoms with Crippen molar-refractivity contribution in [1.29, 1.82) is 0 Å². The van der Waals surface area contributed by atoms with E-state index in [1.165, 1.54) is 12.1 Å². The quantitative estimate of drug-likeness (QED) is 0.535. The first-order chi connectivity index (χ1) is 12.4. The van der Waals surface area contributed by atoms with Gasteiger partial charge in [0.1, 0.15) is 11.3 Å². The van der Waals surface area contributed by atoms with Crippen LogP contribution in [0.25, 0.3) is 11.0 Å². The molecule has 0 spiro atoms. The van der Waals surface area contributed by atoms with Gasteiger partial charge in [-0.15, -0.1) is 0 Å². The summed E-state index contributed by atoms with van der Waals surface area (Å²) in [6.45, 7) is 3.26. The van der Waals surface area contributed by atoms with Crippen molar-refractivity contribution in [2.45, 2.75) is 19.9 Å². The Morgan fingerprint density at radius 2 is 2.04 bits per heavy atom. The van der Waals surface area contributed by atoms with Crippen molar-refractivity contribution in [3.05, 3.63) is 70.0 Å². The first-order valence-corrected chi connectivity index (χ1v) is 8.09. The lowest BCUT2D eigenvalue weighted by molar-refractivity contribution is -0.385. The summed E-state index contributed by atoms with van der Waals surface area (Å²) >= 11 is 0. The molecule has 1 amide bonds. The molecule has 0 aliphatic carbocycles. The Bertz CT molecular complexity index is 930. The van der Waals surface area contributed by atoms with Crippen LogP contribution in [0.15, 0.2) is 52.9 Å². The van der Waals surface area contributed by atoms with E-state index in [4.69, 9.17) is 9.15 Å². The number of benzene rings is 2. The monoisotopic (exact) mass is 354 g/mol. The Kier molecular flexibility index (Phi) is 4.88. The van der Waals surface area contributed by atoms with Gasteiger partial charge < -0.3 is 14.5 Å². The van der Waals surface area contributed by atoms with Crippen molar-refractivity contribution >= 4 is 22.6 Å². The number of nitro groups is 1. The van der Waals surface area contributed by atoms with E-state index in [0.29, 0.717) is 5.76 Å². The number of carbonyl (C=O) groups is 1. The van der Waals surface area contributed by atoms with Crippen molar-refractivity contribution < 1.29 is 18.9 Å². The minimum Gasteiger partial charge on any atom is -0.477 e. The maximum absolute atomic E-state index is 12.1. The first-order valence-electron chi connectivity index (χ1n) is 8.09. The lowest BCUT2D eigenvalue weighted by Crippen LogP contribution is -2.31. The van der Waals surface area contributed by atoms with Crippen molar-refractivity contribution in [3.63, 3.8) is 0 Å². The van der Waals surface area contributed by atoms with Crippen LogP contribution in [0.4, 0.5) is 5.69 Å². The van der Waals surface area contributed by atoms with E-state index in [9.17, 15) is 14.9 Å². The van der Waals surface area contributed by atoms with Crippen LogP contribution in [0.1, 0.15) is 24.3 Å². The summed E-state index contributed by atoms with van der Waals surface area (Å²) in [4.78, 5) is 22.6. The third kappa shape index (κ3) is 3.83. The van der Waals surface area contributed by atoms with Crippen molar-refractivity contribution in [3.8, 4) is 5.75 Å². The highest BCUT2D eigenvalue weighted by molar-refractivity contribution is 5.80. The number of ether oxygens (including phenoxy) is 1. The van der Waals surface area contributed by atoms with E-state index >= 15 is 0 Å². The lowest BCUT2D eigenvalue weighted by Gasteiger charge is -2.12. The van der Waals surface area contributed by atoms with E-state index in [1.54, 1.807) is 19.9 Å². The van der Waals surface area contributed by atoms with Crippen molar-refractivity contribution in [2.24, 2.45) is 0 Å². The van der Waals surface area contributed by atoms with E-state index in [0.717, 1.165) is 16.5 Å². The molecule has 0 radical (unpaired) electrons. The van der Waals surface area contributed by atoms with Gasteiger partial charge in [0.2, 0.25) is 0 Å². The molecule has 0 unspecified atom stereocenters. The zero-order valence-corrected chi connectivity index (χ0v) is 14.4. The van der Waals surface area contributed by atoms with Crippen LogP contribution in [-0.4, -0.2) is 17.4 Å². The smallest absolute Gasteiger partial charge is 0.310 e. The van der Waals surface area contributed by atoms with Gasteiger partial charge >= 0.3 is 5.69 Å².